The SMILES string of the molecule is CC1(CNC(=O)COc2ccc(Br)cc2Br)COC1. The molecule has 1 aliphatic rings. The van der Waals surface area contributed by atoms with Crippen molar-refractivity contribution in [1.82, 2.24) is 5.32 Å². The highest BCUT2D eigenvalue weighted by Gasteiger charge is 2.33. The van der Waals surface area contributed by atoms with Crippen LogP contribution in [0.2, 0.25) is 0 Å². The second-order valence-electron chi connectivity index (χ2n) is 4.94. The molecule has 6 heteroatoms. The molecule has 2 rings (SSSR count). The molecule has 1 saturated heterocycles. The van der Waals surface area contributed by atoms with Crippen LogP contribution in [0.3, 0.4) is 0 Å². The van der Waals surface area contributed by atoms with E-state index in [2.05, 4.69) is 44.1 Å². The Hall–Kier alpha value is -0.590. The second kappa shape index (κ2) is 6.24. The Kier molecular flexibility index (Phi) is 4.86. The molecule has 0 atom stereocenters. The number of nitrogens with one attached hydrogen (secondary N) is 1. The van der Waals surface area contributed by atoms with Crippen LogP contribution in [0.25, 0.3) is 0 Å². The van der Waals surface area contributed by atoms with E-state index in [1.54, 1.807) is 0 Å². The minimum atomic E-state index is -0.122. The monoisotopic (exact) mass is 391 g/mol. The smallest absolute Gasteiger partial charge is 0.257 e. The van der Waals surface area contributed by atoms with Crippen molar-refractivity contribution in [3.05, 3.63) is 27.1 Å². The fraction of sp³-hybridized carbons (Fsp3) is 0.462. The van der Waals surface area contributed by atoms with E-state index in [-0.39, 0.29) is 17.9 Å². The molecule has 1 N–H and O–H groups in total. The first-order valence-electron chi connectivity index (χ1n) is 5.91. The van der Waals surface area contributed by atoms with E-state index in [1.807, 2.05) is 18.2 Å². The maximum atomic E-state index is 11.7. The van der Waals surface area contributed by atoms with Gasteiger partial charge in [0.05, 0.1) is 17.7 Å². The van der Waals surface area contributed by atoms with Crippen LogP contribution in [0.4, 0.5) is 0 Å². The summed E-state index contributed by atoms with van der Waals surface area (Å²) in [5.74, 6) is 0.527. The van der Waals surface area contributed by atoms with Crippen molar-refractivity contribution in [2.24, 2.45) is 5.41 Å². The second-order valence-corrected chi connectivity index (χ2v) is 6.71. The van der Waals surface area contributed by atoms with Crippen molar-refractivity contribution in [2.45, 2.75) is 6.92 Å². The quantitative estimate of drug-likeness (QED) is 0.837. The fourth-order valence-corrected chi connectivity index (χ4v) is 2.81. The van der Waals surface area contributed by atoms with Crippen LogP contribution in [-0.4, -0.2) is 32.3 Å². The summed E-state index contributed by atoms with van der Waals surface area (Å²) >= 11 is 6.75. The highest BCUT2D eigenvalue weighted by molar-refractivity contribution is 9.11. The van der Waals surface area contributed by atoms with E-state index in [1.165, 1.54) is 0 Å². The molecule has 0 radical (unpaired) electrons. The van der Waals surface area contributed by atoms with Crippen LogP contribution in [0.1, 0.15) is 6.92 Å². The molecule has 1 heterocycles. The molecule has 1 fully saturated rings. The molecule has 19 heavy (non-hydrogen) atoms. The maximum Gasteiger partial charge on any atom is 0.257 e. The van der Waals surface area contributed by atoms with Crippen molar-refractivity contribution in [2.75, 3.05) is 26.4 Å². The first kappa shape index (κ1) is 14.8. The average molecular weight is 393 g/mol. The van der Waals surface area contributed by atoms with Crippen molar-refractivity contribution in [3.8, 4) is 5.75 Å². The van der Waals surface area contributed by atoms with Crippen molar-refractivity contribution in [1.29, 1.82) is 0 Å². The largest absolute Gasteiger partial charge is 0.483 e. The summed E-state index contributed by atoms with van der Waals surface area (Å²) in [5.41, 5.74) is 0.0772. The first-order chi connectivity index (χ1) is 8.98. The number of hydrogen-bond donors (Lipinski definition) is 1. The van der Waals surface area contributed by atoms with Crippen LogP contribution in [0.15, 0.2) is 27.1 Å². The lowest BCUT2D eigenvalue weighted by Crippen LogP contribution is -2.49. The number of ether oxygens (including phenoxy) is 2. The molecule has 1 amide bonds. The molecule has 0 saturated carbocycles. The van der Waals surface area contributed by atoms with Gasteiger partial charge in [0.1, 0.15) is 5.75 Å². The first-order valence-corrected chi connectivity index (χ1v) is 7.49. The predicted molar refractivity (Wildman–Crippen MR) is 79.3 cm³/mol. The number of rotatable bonds is 5. The molecule has 4 nitrogen and oxygen atoms in total. The summed E-state index contributed by atoms with van der Waals surface area (Å²) in [5, 5.41) is 2.86. The molecular formula is C13H15Br2NO3. The lowest BCUT2D eigenvalue weighted by Gasteiger charge is -2.37. The Balaban J connectivity index is 1.76. The van der Waals surface area contributed by atoms with Crippen LogP contribution >= 0.6 is 31.9 Å². The van der Waals surface area contributed by atoms with Gasteiger partial charge >= 0.3 is 0 Å². The molecule has 0 aliphatic carbocycles. The van der Waals surface area contributed by atoms with E-state index >= 15 is 0 Å². The van der Waals surface area contributed by atoms with E-state index in [9.17, 15) is 4.79 Å². The number of halogens is 2. The molecule has 1 aromatic rings. The number of benzene rings is 1. The minimum Gasteiger partial charge on any atom is -0.483 e. The summed E-state index contributed by atoms with van der Waals surface area (Å²) in [4.78, 5) is 11.7. The Morgan fingerprint density at radius 3 is 2.79 bits per heavy atom. The maximum absolute atomic E-state index is 11.7. The van der Waals surface area contributed by atoms with Crippen LogP contribution in [0.5, 0.6) is 5.75 Å². The summed E-state index contributed by atoms with van der Waals surface area (Å²) in [6.07, 6.45) is 0. The topological polar surface area (TPSA) is 47.6 Å². The molecule has 0 bridgehead atoms. The van der Waals surface area contributed by atoms with Crippen molar-refractivity contribution >= 4 is 37.8 Å². The molecule has 0 spiro atoms. The summed E-state index contributed by atoms with van der Waals surface area (Å²) in [6.45, 7) is 4.12. The third kappa shape index (κ3) is 4.19. The van der Waals surface area contributed by atoms with Gasteiger partial charge in [-0.2, -0.15) is 0 Å². The minimum absolute atomic E-state index is 0.0111. The number of carbonyl (C=O) groups is 1. The Bertz CT molecular complexity index is 475. The molecule has 104 valence electrons. The van der Waals surface area contributed by atoms with Gasteiger partial charge in [0, 0.05) is 16.4 Å². The third-order valence-electron chi connectivity index (χ3n) is 2.87. The third-order valence-corrected chi connectivity index (χ3v) is 3.98. The van der Waals surface area contributed by atoms with Gasteiger partial charge < -0.3 is 14.8 Å². The fourth-order valence-electron chi connectivity index (χ4n) is 1.65. The van der Waals surface area contributed by atoms with Crippen LogP contribution in [0, 0.1) is 5.41 Å². The van der Waals surface area contributed by atoms with E-state index in [0.29, 0.717) is 25.5 Å². The van der Waals surface area contributed by atoms with Crippen molar-refractivity contribution < 1.29 is 14.3 Å². The van der Waals surface area contributed by atoms with E-state index < -0.39 is 0 Å². The molecule has 1 aromatic carbocycles. The van der Waals surface area contributed by atoms with Gasteiger partial charge in [-0.15, -0.1) is 0 Å². The standard InChI is InChI=1S/C13H15Br2NO3/c1-13(7-18-8-13)6-16-12(17)5-19-11-3-2-9(14)4-10(11)15/h2-4H,5-8H2,1H3,(H,16,17). The number of carbonyl (C=O) groups excluding carboxylic acids is 1. The Morgan fingerprint density at radius 2 is 2.21 bits per heavy atom. The molecule has 0 unspecified atom stereocenters. The zero-order chi connectivity index (χ0) is 13.9. The van der Waals surface area contributed by atoms with Gasteiger partial charge in [-0.05, 0) is 34.1 Å². The highest BCUT2D eigenvalue weighted by atomic mass is 79.9. The molecule has 1 aliphatic heterocycles. The zero-order valence-corrected chi connectivity index (χ0v) is 13.7. The summed E-state index contributed by atoms with van der Waals surface area (Å²) < 4.78 is 12.4. The summed E-state index contributed by atoms with van der Waals surface area (Å²) in [7, 11) is 0. The lowest BCUT2D eigenvalue weighted by atomic mass is 9.89. The molecular weight excluding hydrogens is 378 g/mol. The van der Waals surface area contributed by atoms with E-state index in [0.717, 1.165) is 8.95 Å². The van der Waals surface area contributed by atoms with E-state index in [4.69, 9.17) is 9.47 Å². The Labute approximate surface area is 129 Å². The number of hydrogen-bond acceptors (Lipinski definition) is 3. The lowest BCUT2D eigenvalue weighted by molar-refractivity contribution is -0.128. The van der Waals surface area contributed by atoms with Gasteiger partial charge in [-0.3, -0.25) is 4.79 Å². The van der Waals surface area contributed by atoms with Crippen molar-refractivity contribution in [3.63, 3.8) is 0 Å². The highest BCUT2D eigenvalue weighted by Crippen LogP contribution is 2.28. The Morgan fingerprint density at radius 1 is 1.47 bits per heavy atom. The molecule has 0 aromatic heterocycles. The van der Waals surface area contributed by atoms with Gasteiger partial charge in [0.2, 0.25) is 0 Å². The van der Waals surface area contributed by atoms with Crippen LogP contribution < -0.4 is 10.1 Å². The predicted octanol–water partition coefficient (Wildman–Crippen LogP) is 2.74. The summed E-state index contributed by atoms with van der Waals surface area (Å²) in [6, 6.07) is 5.55. The van der Waals surface area contributed by atoms with Gasteiger partial charge in [-0.25, -0.2) is 0 Å². The normalized spacial score (nSPS) is 16.6. The number of amides is 1. The van der Waals surface area contributed by atoms with Crippen LogP contribution in [-0.2, 0) is 9.53 Å². The van der Waals surface area contributed by atoms with Gasteiger partial charge in [0.15, 0.2) is 6.61 Å². The van der Waals surface area contributed by atoms with Gasteiger partial charge in [-0.1, -0.05) is 22.9 Å². The van der Waals surface area contributed by atoms with Gasteiger partial charge in [0.25, 0.3) is 5.91 Å². The average Bonchev–Trinajstić information content (AvgIpc) is 2.33. The zero-order valence-electron chi connectivity index (χ0n) is 10.5.